The van der Waals surface area contributed by atoms with E-state index in [0.29, 0.717) is 38.5 Å². The number of H-pyrrole nitrogens is 1. The number of amides is 1. The number of imidazole rings is 1. The Labute approximate surface area is 187 Å². The molecule has 1 aliphatic heterocycles. The van der Waals surface area contributed by atoms with Crippen LogP contribution in [0.5, 0.6) is 0 Å². The van der Waals surface area contributed by atoms with Gasteiger partial charge >= 0.3 is 0 Å². The SMILES string of the molecule is Cc1ccc2[nH]cc(CN(C)Cc3c(C(=O)N4CCOCC4)nc4c(C)cccn34)c2c1. The Hall–Kier alpha value is -3.16. The molecule has 0 spiro atoms. The van der Waals surface area contributed by atoms with Crippen LogP contribution in [0.2, 0.25) is 0 Å². The average Bonchev–Trinajstić information content (AvgIpc) is 3.36. The van der Waals surface area contributed by atoms with E-state index in [-0.39, 0.29) is 5.91 Å². The first-order valence-corrected chi connectivity index (χ1v) is 11.1. The molecule has 1 aromatic carbocycles. The first kappa shape index (κ1) is 20.7. The van der Waals surface area contributed by atoms with Crippen LogP contribution in [-0.2, 0) is 17.8 Å². The van der Waals surface area contributed by atoms with Crippen LogP contribution in [0.4, 0.5) is 0 Å². The van der Waals surface area contributed by atoms with Crippen LogP contribution in [0.15, 0.2) is 42.7 Å². The summed E-state index contributed by atoms with van der Waals surface area (Å²) in [6, 6.07) is 10.5. The number of ether oxygens (including phenoxy) is 1. The summed E-state index contributed by atoms with van der Waals surface area (Å²) < 4.78 is 7.50. The number of rotatable bonds is 5. The van der Waals surface area contributed by atoms with Gasteiger partial charge in [0.2, 0.25) is 0 Å². The molecule has 4 aromatic rings. The highest BCUT2D eigenvalue weighted by atomic mass is 16.5. The van der Waals surface area contributed by atoms with Crippen molar-refractivity contribution in [3.05, 3.63) is 70.8 Å². The zero-order valence-electron chi connectivity index (χ0n) is 18.9. The second-order valence-electron chi connectivity index (χ2n) is 8.73. The molecule has 1 N–H and O–H groups in total. The van der Waals surface area contributed by atoms with Crippen molar-refractivity contribution in [3.63, 3.8) is 0 Å². The van der Waals surface area contributed by atoms with Crippen molar-refractivity contribution in [2.24, 2.45) is 0 Å². The third-order valence-corrected chi connectivity index (χ3v) is 6.23. The number of fused-ring (bicyclic) bond motifs is 2. The van der Waals surface area contributed by atoms with Gasteiger partial charge in [-0.15, -0.1) is 0 Å². The predicted molar refractivity (Wildman–Crippen MR) is 125 cm³/mol. The number of aryl methyl sites for hydroxylation is 2. The van der Waals surface area contributed by atoms with Crippen LogP contribution in [0.25, 0.3) is 16.6 Å². The number of carbonyl (C=O) groups excluding carboxylic acids is 1. The van der Waals surface area contributed by atoms with Crippen molar-refractivity contribution in [1.82, 2.24) is 24.2 Å². The lowest BCUT2D eigenvalue weighted by Gasteiger charge is -2.26. The molecule has 1 saturated heterocycles. The van der Waals surface area contributed by atoms with Crippen molar-refractivity contribution < 1.29 is 9.53 Å². The molecule has 0 unspecified atom stereocenters. The third kappa shape index (κ3) is 3.78. The van der Waals surface area contributed by atoms with Gasteiger partial charge in [0, 0.05) is 49.5 Å². The van der Waals surface area contributed by atoms with Crippen molar-refractivity contribution in [2.75, 3.05) is 33.4 Å². The molecular weight excluding hydrogens is 402 g/mol. The highest BCUT2D eigenvalue weighted by Crippen LogP contribution is 2.23. The predicted octanol–water partition coefficient (Wildman–Crippen LogP) is 3.54. The van der Waals surface area contributed by atoms with Gasteiger partial charge in [-0.25, -0.2) is 4.98 Å². The minimum Gasteiger partial charge on any atom is -0.378 e. The van der Waals surface area contributed by atoms with E-state index in [1.807, 2.05) is 30.2 Å². The van der Waals surface area contributed by atoms with Gasteiger partial charge in [0.1, 0.15) is 5.65 Å². The lowest BCUT2D eigenvalue weighted by Crippen LogP contribution is -2.41. The zero-order chi connectivity index (χ0) is 22.2. The topological polar surface area (TPSA) is 65.9 Å². The molecule has 32 heavy (non-hydrogen) atoms. The molecule has 0 aliphatic carbocycles. The molecule has 4 heterocycles. The molecule has 1 fully saturated rings. The first-order valence-electron chi connectivity index (χ1n) is 11.1. The standard InChI is InChI=1S/C25H29N5O2/c1-17-6-7-21-20(13-17)19(14-26-21)15-28(3)16-22-23(25(31)29-9-11-32-12-10-29)27-24-18(2)5-4-8-30(22)24/h4-8,13-14,26H,9-12,15-16H2,1-3H3. The Morgan fingerprint density at radius 3 is 2.81 bits per heavy atom. The summed E-state index contributed by atoms with van der Waals surface area (Å²) >= 11 is 0. The maximum atomic E-state index is 13.4. The molecule has 7 heteroatoms. The Kier molecular flexibility index (Phi) is 5.45. The number of carbonyl (C=O) groups is 1. The Bertz CT molecular complexity index is 1280. The molecule has 0 atom stereocenters. The van der Waals surface area contributed by atoms with Crippen molar-refractivity contribution in [1.29, 1.82) is 0 Å². The molecule has 1 amide bonds. The van der Waals surface area contributed by atoms with Gasteiger partial charge in [-0.1, -0.05) is 17.7 Å². The van der Waals surface area contributed by atoms with Crippen LogP contribution in [0.1, 0.15) is 32.9 Å². The number of nitrogens with zero attached hydrogens (tertiary/aromatic N) is 4. The lowest BCUT2D eigenvalue weighted by molar-refractivity contribution is 0.0298. The molecule has 0 bridgehead atoms. The number of hydrogen-bond acceptors (Lipinski definition) is 4. The second-order valence-corrected chi connectivity index (χ2v) is 8.73. The zero-order valence-corrected chi connectivity index (χ0v) is 18.9. The van der Waals surface area contributed by atoms with Gasteiger partial charge in [0.15, 0.2) is 5.69 Å². The van der Waals surface area contributed by atoms with Gasteiger partial charge in [-0.3, -0.25) is 9.69 Å². The Morgan fingerprint density at radius 1 is 1.19 bits per heavy atom. The van der Waals surface area contributed by atoms with Gasteiger partial charge in [-0.05, 0) is 50.2 Å². The summed E-state index contributed by atoms with van der Waals surface area (Å²) in [6.45, 7) is 7.91. The quantitative estimate of drug-likeness (QED) is 0.525. The third-order valence-electron chi connectivity index (χ3n) is 6.23. The fraction of sp³-hybridized carbons (Fsp3) is 0.360. The van der Waals surface area contributed by atoms with E-state index in [1.165, 1.54) is 16.5 Å². The average molecular weight is 432 g/mol. The van der Waals surface area contributed by atoms with Gasteiger partial charge in [0.25, 0.3) is 5.91 Å². The van der Waals surface area contributed by atoms with Crippen LogP contribution in [-0.4, -0.2) is 63.4 Å². The minimum atomic E-state index is -0.0116. The monoisotopic (exact) mass is 431 g/mol. The van der Waals surface area contributed by atoms with E-state index >= 15 is 0 Å². The fourth-order valence-corrected chi connectivity index (χ4v) is 4.52. The minimum absolute atomic E-state index is 0.0116. The molecule has 7 nitrogen and oxygen atoms in total. The summed E-state index contributed by atoms with van der Waals surface area (Å²) in [7, 11) is 2.09. The van der Waals surface area contributed by atoms with E-state index < -0.39 is 0 Å². The fourth-order valence-electron chi connectivity index (χ4n) is 4.52. The van der Waals surface area contributed by atoms with Crippen molar-refractivity contribution in [2.45, 2.75) is 26.9 Å². The number of aromatic amines is 1. The van der Waals surface area contributed by atoms with Gasteiger partial charge in [0.05, 0.1) is 18.9 Å². The van der Waals surface area contributed by atoms with E-state index in [2.05, 4.69) is 52.7 Å². The summed E-state index contributed by atoms with van der Waals surface area (Å²) in [5.74, 6) is -0.0116. The number of aromatic nitrogens is 3. The number of hydrogen-bond donors (Lipinski definition) is 1. The molecule has 1 aliphatic rings. The Balaban J connectivity index is 1.47. The largest absolute Gasteiger partial charge is 0.378 e. The molecular formula is C25H29N5O2. The van der Waals surface area contributed by atoms with E-state index in [4.69, 9.17) is 9.72 Å². The molecule has 3 aromatic heterocycles. The van der Waals surface area contributed by atoms with Crippen LogP contribution < -0.4 is 0 Å². The van der Waals surface area contributed by atoms with Gasteiger partial charge in [-0.2, -0.15) is 0 Å². The summed E-state index contributed by atoms with van der Waals surface area (Å²) in [5, 5.41) is 1.25. The highest BCUT2D eigenvalue weighted by molar-refractivity contribution is 5.94. The second kappa shape index (κ2) is 8.41. The molecule has 166 valence electrons. The number of benzene rings is 1. The number of pyridine rings is 1. The maximum absolute atomic E-state index is 13.4. The summed E-state index contributed by atoms with van der Waals surface area (Å²) in [5.41, 5.74) is 7.02. The van der Waals surface area contributed by atoms with E-state index in [1.54, 1.807) is 0 Å². The molecule has 5 rings (SSSR count). The summed E-state index contributed by atoms with van der Waals surface area (Å²) in [4.78, 5) is 25.6. The molecule has 0 saturated carbocycles. The number of morpholine rings is 1. The van der Waals surface area contributed by atoms with E-state index in [9.17, 15) is 4.79 Å². The highest BCUT2D eigenvalue weighted by Gasteiger charge is 2.26. The van der Waals surface area contributed by atoms with Crippen molar-refractivity contribution >= 4 is 22.5 Å². The maximum Gasteiger partial charge on any atom is 0.274 e. The smallest absolute Gasteiger partial charge is 0.274 e. The van der Waals surface area contributed by atoms with Gasteiger partial charge < -0.3 is 19.0 Å². The van der Waals surface area contributed by atoms with Crippen LogP contribution >= 0.6 is 0 Å². The van der Waals surface area contributed by atoms with Crippen LogP contribution in [0, 0.1) is 13.8 Å². The van der Waals surface area contributed by atoms with Crippen LogP contribution in [0.3, 0.4) is 0 Å². The van der Waals surface area contributed by atoms with E-state index in [0.717, 1.165) is 29.0 Å². The lowest BCUT2D eigenvalue weighted by atomic mass is 10.1. The Morgan fingerprint density at radius 2 is 2.00 bits per heavy atom. The normalized spacial score (nSPS) is 14.7. The summed E-state index contributed by atoms with van der Waals surface area (Å²) in [6.07, 6.45) is 4.09. The van der Waals surface area contributed by atoms with Crippen molar-refractivity contribution in [3.8, 4) is 0 Å². The molecule has 0 radical (unpaired) electrons. The first-order chi connectivity index (χ1) is 15.5. The number of nitrogens with one attached hydrogen (secondary N) is 1.